The molecule has 0 aliphatic carbocycles. The predicted molar refractivity (Wildman–Crippen MR) is 112 cm³/mol. The zero-order chi connectivity index (χ0) is 19.2. The van der Waals surface area contributed by atoms with Gasteiger partial charge in [-0.15, -0.1) is 17.8 Å². The van der Waals surface area contributed by atoms with Gasteiger partial charge in [0, 0.05) is 0 Å². The Morgan fingerprint density at radius 3 is 0.800 bits per heavy atom. The van der Waals surface area contributed by atoms with E-state index >= 15 is 0 Å². The topological polar surface area (TPSA) is 0 Å². The van der Waals surface area contributed by atoms with Crippen LogP contribution in [0.5, 0.6) is 0 Å². The van der Waals surface area contributed by atoms with E-state index in [0.717, 1.165) is 0 Å². The van der Waals surface area contributed by atoms with Crippen LogP contribution in [0.2, 0.25) is 0 Å². The summed E-state index contributed by atoms with van der Waals surface area (Å²) in [5, 5.41) is 0. The standard InChI is InChI=1S/3C8H13.La/c3*1-4-5-6-7-8(2)3;/h3*4-6,8H,1-3H3;/q3*-1;+3. The second-order valence-corrected chi connectivity index (χ2v) is 6.04. The summed E-state index contributed by atoms with van der Waals surface area (Å²) in [6.07, 6.45) is 27.2. The van der Waals surface area contributed by atoms with Gasteiger partial charge in [0.2, 0.25) is 0 Å². The summed E-state index contributed by atoms with van der Waals surface area (Å²) in [5.41, 5.74) is 0. The van der Waals surface area contributed by atoms with Crippen LogP contribution < -0.4 is 0 Å². The first-order chi connectivity index (χ1) is 11.3. The first kappa shape index (κ1) is 32.3. The average Bonchev–Trinajstić information content (AvgIpc) is 2.48. The molecule has 0 saturated carbocycles. The van der Waals surface area contributed by atoms with E-state index < -0.39 is 0 Å². The largest absolute Gasteiger partial charge is 3.00 e. The van der Waals surface area contributed by atoms with Crippen molar-refractivity contribution in [1.82, 2.24) is 0 Å². The van der Waals surface area contributed by atoms with E-state index in [0.29, 0.717) is 17.8 Å². The zero-order valence-corrected chi connectivity index (χ0v) is 21.6. The minimum absolute atomic E-state index is 0. The van der Waals surface area contributed by atoms with Gasteiger partial charge in [-0.05, 0) is 0 Å². The van der Waals surface area contributed by atoms with Crippen molar-refractivity contribution in [3.63, 3.8) is 0 Å². The fourth-order valence-corrected chi connectivity index (χ4v) is 1.03. The van der Waals surface area contributed by atoms with E-state index in [9.17, 15) is 0 Å². The fourth-order valence-electron chi connectivity index (χ4n) is 1.03. The smallest absolute Gasteiger partial charge is 0.273 e. The van der Waals surface area contributed by atoms with E-state index in [2.05, 4.69) is 59.8 Å². The predicted octanol–water partition coefficient (Wildman–Crippen LogP) is 7.73. The maximum atomic E-state index is 3.13. The van der Waals surface area contributed by atoms with Gasteiger partial charge >= 0.3 is 35.6 Å². The Balaban J connectivity index is -0.000000130. The molecule has 0 rings (SSSR count). The van der Waals surface area contributed by atoms with Gasteiger partial charge in [-0.1, -0.05) is 62.3 Å². The third-order valence-corrected chi connectivity index (χ3v) is 2.15. The number of rotatable bonds is 6. The van der Waals surface area contributed by atoms with E-state index in [1.165, 1.54) is 0 Å². The molecule has 0 bridgehead atoms. The minimum Gasteiger partial charge on any atom is -0.273 e. The molecule has 0 aromatic carbocycles. The molecule has 0 fully saturated rings. The van der Waals surface area contributed by atoms with Crippen LogP contribution >= 0.6 is 0 Å². The molecule has 0 radical (unpaired) electrons. The monoisotopic (exact) mass is 466 g/mol. The summed E-state index contributed by atoms with van der Waals surface area (Å²) in [4.78, 5) is 0. The van der Waals surface area contributed by atoms with Gasteiger partial charge in [-0.25, -0.2) is 36.5 Å². The second kappa shape index (κ2) is 28.4. The number of hydrogen-bond acceptors (Lipinski definition) is 0. The Labute approximate surface area is 187 Å². The molecule has 0 unspecified atom stereocenters. The van der Waals surface area contributed by atoms with E-state index in [-0.39, 0.29) is 35.6 Å². The molecule has 0 N–H and O–H groups in total. The molecule has 0 aromatic heterocycles. The summed E-state index contributed by atoms with van der Waals surface area (Å²) in [6, 6.07) is 0. The maximum Gasteiger partial charge on any atom is 3.00 e. The van der Waals surface area contributed by atoms with Crippen molar-refractivity contribution in [3.8, 4) is 0 Å². The van der Waals surface area contributed by atoms with Gasteiger partial charge in [-0.2, -0.15) is 18.2 Å². The molecule has 0 aliphatic heterocycles. The Morgan fingerprint density at radius 1 is 0.480 bits per heavy atom. The van der Waals surface area contributed by atoms with Gasteiger partial charge in [0.05, 0.1) is 0 Å². The van der Waals surface area contributed by atoms with Crippen molar-refractivity contribution < 1.29 is 35.6 Å². The summed E-state index contributed by atoms with van der Waals surface area (Å²) in [7, 11) is 0. The quantitative estimate of drug-likeness (QED) is 0.278. The molecule has 0 saturated heterocycles. The van der Waals surface area contributed by atoms with Crippen molar-refractivity contribution in [2.75, 3.05) is 0 Å². The van der Waals surface area contributed by atoms with E-state index in [1.54, 1.807) is 0 Å². The van der Waals surface area contributed by atoms with Crippen LogP contribution in [-0.4, -0.2) is 0 Å². The van der Waals surface area contributed by atoms with Crippen LogP contribution in [-0.2, 0) is 0 Å². The molecule has 25 heavy (non-hydrogen) atoms. The normalized spacial score (nSPS) is 12.0. The fraction of sp³-hybridized carbons (Fsp3) is 0.500. The molecule has 0 aliphatic rings. The Bertz CT molecular complexity index is 327. The molecule has 0 atom stereocenters. The van der Waals surface area contributed by atoms with Gasteiger partial charge in [0.25, 0.3) is 0 Å². The minimum atomic E-state index is 0. The average molecular weight is 466 g/mol. The van der Waals surface area contributed by atoms with Crippen LogP contribution in [0.4, 0.5) is 0 Å². The summed E-state index contributed by atoms with van der Waals surface area (Å²) in [5.74, 6) is 1.64. The number of allylic oxidation sites excluding steroid dienone is 12. The third-order valence-electron chi connectivity index (χ3n) is 2.15. The van der Waals surface area contributed by atoms with Crippen LogP contribution in [0.1, 0.15) is 62.3 Å². The first-order valence-corrected chi connectivity index (χ1v) is 8.93. The van der Waals surface area contributed by atoms with Gasteiger partial charge < -0.3 is 0 Å². The molecule has 1 heteroatoms. The van der Waals surface area contributed by atoms with Crippen LogP contribution in [0.25, 0.3) is 0 Å². The molecule has 0 aromatic rings. The van der Waals surface area contributed by atoms with Crippen molar-refractivity contribution in [1.29, 1.82) is 0 Å². The molecule has 0 amide bonds. The van der Waals surface area contributed by atoms with Crippen molar-refractivity contribution in [2.24, 2.45) is 17.8 Å². The summed E-state index contributed by atoms with van der Waals surface area (Å²) in [6.45, 7) is 18.7. The van der Waals surface area contributed by atoms with Crippen LogP contribution in [0.3, 0.4) is 0 Å². The van der Waals surface area contributed by atoms with Gasteiger partial charge in [-0.3, -0.25) is 18.2 Å². The van der Waals surface area contributed by atoms with Gasteiger partial charge in [0.1, 0.15) is 0 Å². The van der Waals surface area contributed by atoms with Crippen LogP contribution in [0.15, 0.2) is 54.7 Å². The summed E-state index contributed by atoms with van der Waals surface area (Å²) < 4.78 is 0. The maximum absolute atomic E-state index is 3.13. The molecular formula is C24H39La. The SMILES string of the molecule is CC=CC=[C-]C(C)C.CC=CC=[C-]C(C)C.CC=CC=[C-]C(C)C.[La+3]. The zero-order valence-electron chi connectivity index (χ0n) is 18.0. The summed E-state index contributed by atoms with van der Waals surface area (Å²) >= 11 is 0. The van der Waals surface area contributed by atoms with Crippen molar-refractivity contribution in [2.45, 2.75) is 62.3 Å². The Morgan fingerprint density at radius 2 is 0.680 bits per heavy atom. The Hall–Kier alpha value is -0.365. The third kappa shape index (κ3) is 51.7. The first-order valence-electron chi connectivity index (χ1n) is 8.93. The van der Waals surface area contributed by atoms with Crippen molar-refractivity contribution >= 4 is 0 Å². The Kier molecular flexibility index (Phi) is 36.8. The van der Waals surface area contributed by atoms with Crippen LogP contribution in [0, 0.1) is 71.6 Å². The molecule has 0 spiro atoms. The molecule has 0 heterocycles. The van der Waals surface area contributed by atoms with Gasteiger partial charge in [0.15, 0.2) is 0 Å². The molecular weight excluding hydrogens is 427 g/mol. The van der Waals surface area contributed by atoms with E-state index in [4.69, 9.17) is 0 Å². The van der Waals surface area contributed by atoms with Crippen molar-refractivity contribution in [3.05, 3.63) is 72.9 Å². The molecule has 0 nitrogen and oxygen atoms in total. The molecule has 138 valence electrons. The number of hydrogen-bond donors (Lipinski definition) is 0. The second-order valence-electron chi connectivity index (χ2n) is 6.04. The van der Waals surface area contributed by atoms with E-state index in [1.807, 2.05) is 75.5 Å².